The first-order valence-electron chi connectivity index (χ1n) is 8.41. The standard InChI is InChI=1S/C18H17BrClN3O6S/c1-27-15-4-3-12(20)6-14(15)23(30(2,25)26)9-18(24)22-21-8-11-5-16-17(7-13(11)19)29-10-28-16/h3-8H,9-10H2,1-2H3,(H,22,24)/b21-8-. The summed E-state index contributed by atoms with van der Waals surface area (Å²) in [5.41, 5.74) is 3.09. The van der Waals surface area contributed by atoms with Crippen LogP contribution in [-0.4, -0.2) is 47.2 Å². The van der Waals surface area contributed by atoms with Gasteiger partial charge in [-0.3, -0.25) is 9.10 Å². The molecule has 0 aromatic heterocycles. The highest BCUT2D eigenvalue weighted by Gasteiger charge is 2.24. The summed E-state index contributed by atoms with van der Waals surface area (Å²) in [5, 5.41) is 4.18. The van der Waals surface area contributed by atoms with E-state index >= 15 is 0 Å². The summed E-state index contributed by atoms with van der Waals surface area (Å²) in [6.07, 6.45) is 2.38. The number of hydrogen-bond donors (Lipinski definition) is 1. The Morgan fingerprint density at radius 1 is 1.33 bits per heavy atom. The highest BCUT2D eigenvalue weighted by atomic mass is 79.9. The lowest BCUT2D eigenvalue weighted by Gasteiger charge is -2.23. The Hall–Kier alpha value is -2.50. The monoisotopic (exact) mass is 517 g/mol. The van der Waals surface area contributed by atoms with Crippen molar-refractivity contribution in [2.75, 3.05) is 31.0 Å². The van der Waals surface area contributed by atoms with Gasteiger partial charge in [0.05, 0.1) is 25.3 Å². The first kappa shape index (κ1) is 22.2. The average Bonchev–Trinajstić information content (AvgIpc) is 3.12. The Bertz CT molecular complexity index is 1110. The average molecular weight is 519 g/mol. The fourth-order valence-electron chi connectivity index (χ4n) is 2.61. The smallest absolute Gasteiger partial charge is 0.260 e. The van der Waals surface area contributed by atoms with Crippen LogP contribution in [0.2, 0.25) is 5.02 Å². The van der Waals surface area contributed by atoms with Crippen molar-refractivity contribution in [1.29, 1.82) is 0 Å². The zero-order valence-corrected chi connectivity index (χ0v) is 19.0. The minimum atomic E-state index is -3.81. The molecule has 0 radical (unpaired) electrons. The number of halogens is 2. The first-order chi connectivity index (χ1) is 14.2. The van der Waals surface area contributed by atoms with E-state index < -0.39 is 22.5 Å². The summed E-state index contributed by atoms with van der Waals surface area (Å²) in [4.78, 5) is 12.4. The third-order valence-corrected chi connectivity index (χ3v) is 6.03. The van der Waals surface area contributed by atoms with Crippen molar-refractivity contribution in [3.8, 4) is 17.2 Å². The molecule has 2 aromatic carbocycles. The molecular weight excluding hydrogens is 502 g/mol. The quantitative estimate of drug-likeness (QED) is 0.446. The van der Waals surface area contributed by atoms with Crippen LogP contribution in [0.15, 0.2) is 39.9 Å². The number of nitrogens with one attached hydrogen (secondary N) is 1. The van der Waals surface area contributed by atoms with Crippen LogP contribution in [-0.2, 0) is 14.8 Å². The van der Waals surface area contributed by atoms with Gasteiger partial charge in [-0.2, -0.15) is 5.10 Å². The van der Waals surface area contributed by atoms with Crippen molar-refractivity contribution in [2.24, 2.45) is 5.10 Å². The number of methoxy groups -OCH3 is 1. The molecule has 0 bridgehead atoms. The summed E-state index contributed by atoms with van der Waals surface area (Å²) in [6, 6.07) is 7.90. The molecule has 0 saturated heterocycles. The van der Waals surface area contributed by atoms with Crippen molar-refractivity contribution < 1.29 is 27.4 Å². The van der Waals surface area contributed by atoms with Crippen molar-refractivity contribution in [3.05, 3.63) is 45.4 Å². The van der Waals surface area contributed by atoms with Gasteiger partial charge < -0.3 is 14.2 Å². The number of benzene rings is 2. The predicted molar refractivity (Wildman–Crippen MR) is 116 cm³/mol. The van der Waals surface area contributed by atoms with Crippen molar-refractivity contribution >= 4 is 55.4 Å². The van der Waals surface area contributed by atoms with Crippen LogP contribution in [0.5, 0.6) is 17.2 Å². The number of nitrogens with zero attached hydrogens (tertiary/aromatic N) is 2. The highest BCUT2D eigenvalue weighted by molar-refractivity contribution is 9.10. The van der Waals surface area contributed by atoms with Crippen LogP contribution in [0, 0.1) is 0 Å². The minimum absolute atomic E-state index is 0.132. The van der Waals surface area contributed by atoms with Crippen LogP contribution < -0.4 is 23.9 Å². The number of anilines is 1. The van der Waals surface area contributed by atoms with Crippen LogP contribution in [0.25, 0.3) is 0 Å². The lowest BCUT2D eigenvalue weighted by atomic mass is 10.2. The maximum atomic E-state index is 12.4. The van der Waals surface area contributed by atoms with E-state index in [0.29, 0.717) is 26.6 Å². The van der Waals surface area contributed by atoms with E-state index in [1.54, 1.807) is 18.2 Å². The summed E-state index contributed by atoms with van der Waals surface area (Å²) < 4.78 is 41.9. The Labute approximate surface area is 186 Å². The number of fused-ring (bicyclic) bond motifs is 1. The van der Waals surface area contributed by atoms with E-state index in [0.717, 1.165) is 10.6 Å². The van der Waals surface area contributed by atoms with Gasteiger partial charge in [0.25, 0.3) is 5.91 Å². The molecule has 1 N–H and O–H groups in total. The highest BCUT2D eigenvalue weighted by Crippen LogP contribution is 2.36. The molecule has 2 aromatic rings. The number of amides is 1. The number of carbonyl (C=O) groups is 1. The van der Waals surface area contributed by atoms with Crippen LogP contribution >= 0.6 is 27.5 Å². The summed E-state index contributed by atoms with van der Waals surface area (Å²) in [7, 11) is -2.42. The molecule has 0 saturated carbocycles. The summed E-state index contributed by atoms with van der Waals surface area (Å²) in [6.45, 7) is -0.386. The molecular formula is C18H17BrClN3O6S. The lowest BCUT2D eigenvalue weighted by Crippen LogP contribution is -2.39. The lowest BCUT2D eigenvalue weighted by molar-refractivity contribution is -0.119. The fourth-order valence-corrected chi connectivity index (χ4v) is 4.05. The third kappa shape index (κ3) is 5.15. The normalized spacial score (nSPS) is 12.8. The SMILES string of the molecule is COc1ccc(Cl)cc1N(CC(=O)N/N=C\c1cc2c(cc1Br)OCO2)S(C)(=O)=O. The van der Waals surface area contributed by atoms with Gasteiger partial charge in [0, 0.05) is 15.1 Å². The molecule has 12 heteroatoms. The van der Waals surface area contributed by atoms with Gasteiger partial charge in [0.1, 0.15) is 12.3 Å². The van der Waals surface area contributed by atoms with Gasteiger partial charge >= 0.3 is 0 Å². The van der Waals surface area contributed by atoms with Crippen LogP contribution in [0.1, 0.15) is 5.56 Å². The van der Waals surface area contributed by atoms with Crippen LogP contribution in [0.3, 0.4) is 0 Å². The number of carbonyl (C=O) groups excluding carboxylic acids is 1. The second-order valence-corrected chi connectivity index (χ2v) is 9.30. The minimum Gasteiger partial charge on any atom is -0.495 e. The molecule has 1 aliphatic rings. The molecule has 0 aliphatic carbocycles. The maximum Gasteiger partial charge on any atom is 0.260 e. The van der Waals surface area contributed by atoms with Crippen molar-refractivity contribution in [3.63, 3.8) is 0 Å². The molecule has 9 nitrogen and oxygen atoms in total. The van der Waals surface area contributed by atoms with Gasteiger partial charge in [-0.1, -0.05) is 11.6 Å². The molecule has 1 amide bonds. The molecule has 3 rings (SSSR count). The number of rotatable bonds is 7. The third-order valence-electron chi connectivity index (χ3n) is 3.98. The van der Waals surface area contributed by atoms with Crippen LogP contribution in [0.4, 0.5) is 5.69 Å². The Kier molecular flexibility index (Phi) is 6.74. The molecule has 30 heavy (non-hydrogen) atoms. The fraction of sp³-hybridized carbons (Fsp3) is 0.222. The number of hydrazone groups is 1. The first-order valence-corrected chi connectivity index (χ1v) is 11.4. The van der Waals surface area contributed by atoms with E-state index in [1.165, 1.54) is 25.5 Å². The van der Waals surface area contributed by atoms with Crippen molar-refractivity contribution in [1.82, 2.24) is 5.43 Å². The topological polar surface area (TPSA) is 107 Å². The zero-order chi connectivity index (χ0) is 21.9. The Morgan fingerprint density at radius 3 is 2.70 bits per heavy atom. The second kappa shape index (κ2) is 9.11. The number of sulfonamides is 1. The molecule has 0 spiro atoms. The van der Waals surface area contributed by atoms with Crippen molar-refractivity contribution in [2.45, 2.75) is 0 Å². The Balaban J connectivity index is 1.75. The molecule has 0 atom stereocenters. The molecule has 1 aliphatic heterocycles. The van der Waals surface area contributed by atoms with E-state index in [-0.39, 0.29) is 18.2 Å². The summed E-state index contributed by atoms with van der Waals surface area (Å²) in [5.74, 6) is 0.755. The predicted octanol–water partition coefficient (Wildman–Crippen LogP) is 2.76. The molecule has 1 heterocycles. The van der Waals surface area contributed by atoms with Gasteiger partial charge in [-0.15, -0.1) is 0 Å². The van der Waals surface area contributed by atoms with Gasteiger partial charge in [0.15, 0.2) is 11.5 Å². The number of ether oxygens (including phenoxy) is 3. The molecule has 0 unspecified atom stereocenters. The van der Waals surface area contributed by atoms with Gasteiger partial charge in [0.2, 0.25) is 16.8 Å². The number of hydrogen-bond acceptors (Lipinski definition) is 7. The van der Waals surface area contributed by atoms with Gasteiger partial charge in [-0.25, -0.2) is 13.8 Å². The largest absolute Gasteiger partial charge is 0.495 e. The second-order valence-electron chi connectivity index (χ2n) is 6.11. The molecule has 160 valence electrons. The van der Waals surface area contributed by atoms with E-state index in [2.05, 4.69) is 26.5 Å². The summed E-state index contributed by atoms with van der Waals surface area (Å²) >= 11 is 9.37. The molecule has 0 fully saturated rings. The van der Waals surface area contributed by atoms with E-state index in [1.807, 2.05) is 0 Å². The van der Waals surface area contributed by atoms with E-state index in [9.17, 15) is 13.2 Å². The maximum absolute atomic E-state index is 12.4. The zero-order valence-electron chi connectivity index (χ0n) is 15.9. The Morgan fingerprint density at radius 2 is 2.03 bits per heavy atom. The van der Waals surface area contributed by atoms with Gasteiger partial charge in [-0.05, 0) is 46.3 Å². The van der Waals surface area contributed by atoms with E-state index in [4.69, 9.17) is 25.8 Å².